The van der Waals surface area contributed by atoms with Crippen molar-refractivity contribution in [1.82, 2.24) is 0 Å². The first-order valence-corrected chi connectivity index (χ1v) is 6.40. The summed E-state index contributed by atoms with van der Waals surface area (Å²) in [5.74, 6) is 1.14. The largest absolute Gasteiger partial charge is 0.492 e. The Morgan fingerprint density at radius 1 is 1.22 bits per heavy atom. The molecule has 2 rings (SSSR count). The van der Waals surface area contributed by atoms with Gasteiger partial charge in [0.15, 0.2) is 0 Å². The number of aliphatic hydroxyl groups excluding tert-OH is 2. The van der Waals surface area contributed by atoms with Crippen LogP contribution in [-0.4, -0.2) is 35.6 Å². The van der Waals surface area contributed by atoms with Gasteiger partial charge in [0.05, 0.1) is 12.1 Å². The summed E-state index contributed by atoms with van der Waals surface area (Å²) in [4.78, 5) is 0. The van der Waals surface area contributed by atoms with Gasteiger partial charge < -0.3 is 20.7 Å². The summed E-state index contributed by atoms with van der Waals surface area (Å²) in [6.45, 7) is 0.450. The zero-order valence-electron chi connectivity index (χ0n) is 10.5. The molecule has 1 aliphatic rings. The summed E-state index contributed by atoms with van der Waals surface area (Å²) in [6.07, 6.45) is 2.81. The van der Waals surface area contributed by atoms with Crippen LogP contribution in [0.2, 0.25) is 0 Å². The Morgan fingerprint density at radius 2 is 1.89 bits per heavy atom. The Hall–Kier alpha value is -1.10. The van der Waals surface area contributed by atoms with E-state index in [1.807, 2.05) is 24.3 Å². The number of rotatable bonds is 7. The molecular weight excluding hydrogens is 230 g/mol. The minimum Gasteiger partial charge on any atom is -0.492 e. The summed E-state index contributed by atoms with van der Waals surface area (Å²) in [7, 11) is 0. The highest BCUT2D eigenvalue weighted by Crippen LogP contribution is 2.38. The van der Waals surface area contributed by atoms with Gasteiger partial charge in [0.2, 0.25) is 0 Å². The third-order valence-electron chi connectivity index (χ3n) is 3.52. The molecule has 4 heteroatoms. The SMILES string of the molecule is NC(CO)(COc1ccc(CCO)cc1)C1CC1. The zero-order valence-corrected chi connectivity index (χ0v) is 10.5. The normalized spacial score (nSPS) is 18.4. The maximum absolute atomic E-state index is 9.36. The lowest BCUT2D eigenvalue weighted by atomic mass is 9.97. The fourth-order valence-corrected chi connectivity index (χ4v) is 2.05. The smallest absolute Gasteiger partial charge is 0.119 e. The van der Waals surface area contributed by atoms with Crippen LogP contribution in [0.15, 0.2) is 24.3 Å². The number of ether oxygens (including phenoxy) is 1. The molecule has 0 saturated heterocycles. The molecule has 0 bridgehead atoms. The summed E-state index contributed by atoms with van der Waals surface area (Å²) >= 11 is 0. The number of hydrogen-bond acceptors (Lipinski definition) is 4. The zero-order chi connectivity index (χ0) is 13.0. The van der Waals surface area contributed by atoms with Crippen LogP contribution in [0.25, 0.3) is 0 Å². The molecule has 1 aromatic rings. The first-order chi connectivity index (χ1) is 8.68. The molecule has 100 valence electrons. The van der Waals surface area contributed by atoms with Gasteiger partial charge in [-0.1, -0.05) is 12.1 Å². The molecule has 1 saturated carbocycles. The summed E-state index contributed by atoms with van der Waals surface area (Å²) in [5.41, 5.74) is 6.59. The van der Waals surface area contributed by atoms with Gasteiger partial charge in [-0.05, 0) is 42.9 Å². The summed E-state index contributed by atoms with van der Waals surface area (Å²) in [6, 6.07) is 7.60. The van der Waals surface area contributed by atoms with Crippen molar-refractivity contribution in [3.05, 3.63) is 29.8 Å². The monoisotopic (exact) mass is 251 g/mol. The first-order valence-electron chi connectivity index (χ1n) is 6.40. The minimum absolute atomic E-state index is 0.0414. The van der Waals surface area contributed by atoms with Crippen LogP contribution in [0, 0.1) is 5.92 Å². The second-order valence-corrected chi connectivity index (χ2v) is 5.07. The van der Waals surface area contributed by atoms with E-state index in [1.54, 1.807) is 0 Å². The summed E-state index contributed by atoms with van der Waals surface area (Å²) < 4.78 is 5.65. The topological polar surface area (TPSA) is 75.7 Å². The minimum atomic E-state index is -0.607. The van der Waals surface area contributed by atoms with Crippen molar-refractivity contribution >= 4 is 0 Å². The number of hydrogen-bond donors (Lipinski definition) is 3. The quantitative estimate of drug-likeness (QED) is 0.667. The highest BCUT2D eigenvalue weighted by atomic mass is 16.5. The molecule has 1 unspecified atom stereocenters. The molecule has 0 radical (unpaired) electrons. The number of benzene rings is 1. The molecule has 0 aromatic heterocycles. The molecule has 18 heavy (non-hydrogen) atoms. The van der Waals surface area contributed by atoms with Crippen molar-refractivity contribution in [2.45, 2.75) is 24.8 Å². The Bertz CT molecular complexity index is 375. The van der Waals surface area contributed by atoms with Crippen LogP contribution in [0.1, 0.15) is 18.4 Å². The molecule has 0 aliphatic heterocycles. The Balaban J connectivity index is 1.89. The molecular formula is C14H21NO3. The molecule has 0 spiro atoms. The lowest BCUT2D eigenvalue weighted by molar-refractivity contribution is 0.117. The van der Waals surface area contributed by atoms with Crippen molar-refractivity contribution in [1.29, 1.82) is 0 Å². The van der Waals surface area contributed by atoms with Gasteiger partial charge in [0, 0.05) is 6.61 Å². The lowest BCUT2D eigenvalue weighted by Crippen LogP contribution is -2.51. The average Bonchev–Trinajstić information content (AvgIpc) is 3.23. The van der Waals surface area contributed by atoms with Crippen molar-refractivity contribution in [2.75, 3.05) is 19.8 Å². The van der Waals surface area contributed by atoms with E-state index in [0.29, 0.717) is 18.9 Å². The van der Waals surface area contributed by atoms with Crippen LogP contribution in [0.3, 0.4) is 0 Å². The second kappa shape index (κ2) is 5.69. The van der Waals surface area contributed by atoms with Crippen LogP contribution < -0.4 is 10.5 Å². The van der Waals surface area contributed by atoms with Crippen LogP contribution in [-0.2, 0) is 6.42 Å². The van der Waals surface area contributed by atoms with Crippen LogP contribution in [0.4, 0.5) is 0 Å². The molecule has 0 heterocycles. The van der Waals surface area contributed by atoms with Crippen molar-refractivity contribution in [2.24, 2.45) is 11.7 Å². The van der Waals surface area contributed by atoms with E-state index in [4.69, 9.17) is 15.6 Å². The Labute approximate surface area is 107 Å². The second-order valence-electron chi connectivity index (χ2n) is 5.07. The molecule has 1 atom stereocenters. The van der Waals surface area contributed by atoms with E-state index >= 15 is 0 Å². The number of aliphatic hydroxyl groups is 2. The standard InChI is InChI=1S/C14H21NO3/c15-14(9-17,12-3-4-12)10-18-13-5-1-11(2-6-13)7-8-16/h1-2,5-6,12,16-17H,3-4,7-10,15H2. The Morgan fingerprint density at radius 3 is 2.39 bits per heavy atom. The van der Waals surface area contributed by atoms with Crippen molar-refractivity contribution in [3.8, 4) is 5.75 Å². The van der Waals surface area contributed by atoms with Gasteiger partial charge in [0.1, 0.15) is 12.4 Å². The van der Waals surface area contributed by atoms with Gasteiger partial charge in [-0.3, -0.25) is 0 Å². The van der Waals surface area contributed by atoms with E-state index in [2.05, 4.69) is 0 Å². The lowest BCUT2D eigenvalue weighted by Gasteiger charge is -2.27. The van der Waals surface area contributed by atoms with Crippen molar-refractivity contribution < 1.29 is 14.9 Å². The predicted octanol–water partition coefficient (Wildman–Crippen LogP) is 0.700. The molecule has 1 fully saturated rings. The van der Waals surface area contributed by atoms with Gasteiger partial charge in [0.25, 0.3) is 0 Å². The van der Waals surface area contributed by atoms with E-state index in [-0.39, 0.29) is 13.2 Å². The molecule has 4 nitrogen and oxygen atoms in total. The predicted molar refractivity (Wildman–Crippen MR) is 69.5 cm³/mol. The van der Waals surface area contributed by atoms with Gasteiger partial charge in [-0.2, -0.15) is 0 Å². The van der Waals surface area contributed by atoms with E-state index in [0.717, 1.165) is 24.2 Å². The third-order valence-corrected chi connectivity index (χ3v) is 3.52. The molecule has 0 amide bonds. The van der Waals surface area contributed by atoms with Crippen LogP contribution >= 0.6 is 0 Å². The van der Waals surface area contributed by atoms with Crippen LogP contribution in [0.5, 0.6) is 5.75 Å². The Kier molecular flexibility index (Phi) is 4.22. The van der Waals surface area contributed by atoms with E-state index in [9.17, 15) is 5.11 Å². The van der Waals surface area contributed by atoms with E-state index < -0.39 is 5.54 Å². The maximum Gasteiger partial charge on any atom is 0.119 e. The fraction of sp³-hybridized carbons (Fsp3) is 0.571. The van der Waals surface area contributed by atoms with Gasteiger partial charge >= 0.3 is 0 Å². The van der Waals surface area contributed by atoms with Crippen molar-refractivity contribution in [3.63, 3.8) is 0 Å². The van der Waals surface area contributed by atoms with Gasteiger partial charge in [-0.25, -0.2) is 0 Å². The fourth-order valence-electron chi connectivity index (χ4n) is 2.05. The van der Waals surface area contributed by atoms with E-state index in [1.165, 1.54) is 0 Å². The highest BCUT2D eigenvalue weighted by molar-refractivity contribution is 5.27. The molecule has 4 N–H and O–H groups in total. The summed E-state index contributed by atoms with van der Waals surface area (Å²) in [5, 5.41) is 18.2. The highest BCUT2D eigenvalue weighted by Gasteiger charge is 2.42. The first kappa shape index (κ1) is 13.3. The average molecular weight is 251 g/mol. The number of nitrogens with two attached hydrogens (primary N) is 1. The maximum atomic E-state index is 9.36. The molecule has 1 aliphatic carbocycles. The van der Waals surface area contributed by atoms with Gasteiger partial charge in [-0.15, -0.1) is 0 Å². The third kappa shape index (κ3) is 3.22. The molecule has 1 aromatic carbocycles.